The number of piperidine rings is 1. The van der Waals surface area contributed by atoms with Gasteiger partial charge in [0, 0.05) is 13.2 Å². The van der Waals surface area contributed by atoms with Crippen LogP contribution in [0.3, 0.4) is 0 Å². The molecule has 5 heteroatoms. The highest BCUT2D eigenvalue weighted by atomic mass is 32.2. The Bertz CT molecular complexity index is 1450. The zero-order valence-corrected chi connectivity index (χ0v) is 56.2. The van der Waals surface area contributed by atoms with Crippen molar-refractivity contribution in [1.29, 1.82) is 0 Å². The lowest BCUT2D eigenvalue weighted by Crippen LogP contribution is -2.44. The average molecular weight is 1060 g/mol. The second-order valence-electron chi connectivity index (χ2n) is 30.2. The molecule has 0 amide bonds. The molecule has 0 unspecified atom stereocenters. The molecule has 6 aliphatic rings. The molecule has 0 aromatic carbocycles. The molecule has 4 nitrogen and oxygen atoms in total. The highest BCUT2D eigenvalue weighted by Crippen LogP contribution is 2.51. The van der Waals surface area contributed by atoms with Crippen LogP contribution in [0.4, 0.5) is 0 Å². The van der Waals surface area contributed by atoms with Crippen LogP contribution in [0.25, 0.3) is 0 Å². The van der Waals surface area contributed by atoms with Gasteiger partial charge in [-0.2, -0.15) is 0 Å². The maximum atomic E-state index is 11.5. The first-order valence-electron chi connectivity index (χ1n) is 32.6. The van der Waals surface area contributed by atoms with E-state index in [1.165, 1.54) is 135 Å². The third-order valence-corrected chi connectivity index (χ3v) is 25.7. The van der Waals surface area contributed by atoms with Crippen molar-refractivity contribution in [3.63, 3.8) is 0 Å². The maximum absolute atomic E-state index is 11.5. The Morgan fingerprint density at radius 3 is 0.716 bits per heavy atom. The Morgan fingerprint density at radius 1 is 0.297 bits per heavy atom. The lowest BCUT2D eigenvalue weighted by Gasteiger charge is -2.47. The van der Waals surface area contributed by atoms with Gasteiger partial charge in [-0.05, 0) is 194 Å². The van der Waals surface area contributed by atoms with Crippen LogP contribution in [0.15, 0.2) is 0 Å². The van der Waals surface area contributed by atoms with E-state index in [9.17, 15) is 8.42 Å². The summed E-state index contributed by atoms with van der Waals surface area (Å²) in [7, 11) is -0.503. The summed E-state index contributed by atoms with van der Waals surface area (Å²) in [6.45, 7) is 61.0. The van der Waals surface area contributed by atoms with Gasteiger partial charge in [0.15, 0.2) is 9.84 Å². The van der Waals surface area contributed by atoms with Crippen molar-refractivity contribution in [2.24, 2.45) is 104 Å². The molecule has 0 aromatic heterocycles. The minimum atomic E-state index is -2.74. The summed E-state index contributed by atoms with van der Waals surface area (Å²) in [6, 6.07) is 0. The van der Waals surface area contributed by atoms with E-state index < -0.39 is 9.84 Å². The fourth-order valence-electron chi connectivity index (χ4n) is 17.0. The van der Waals surface area contributed by atoms with Gasteiger partial charge in [-0.25, -0.2) is 8.42 Å². The third-order valence-electron chi connectivity index (χ3n) is 23.9. The number of rotatable bonds is 12. The van der Waals surface area contributed by atoms with Crippen LogP contribution >= 0.6 is 0 Å². The van der Waals surface area contributed by atoms with Crippen molar-refractivity contribution in [1.82, 2.24) is 4.90 Å². The van der Waals surface area contributed by atoms with E-state index in [-0.39, 0.29) is 5.41 Å². The summed E-state index contributed by atoms with van der Waals surface area (Å²) in [5, 5.41) is 0. The van der Waals surface area contributed by atoms with E-state index >= 15 is 0 Å². The van der Waals surface area contributed by atoms with Gasteiger partial charge in [-0.1, -0.05) is 224 Å². The minimum absolute atomic E-state index is 0.0405. The van der Waals surface area contributed by atoms with E-state index in [1.54, 1.807) is 0 Å². The van der Waals surface area contributed by atoms with Crippen LogP contribution in [0.5, 0.6) is 0 Å². The van der Waals surface area contributed by atoms with E-state index in [2.05, 4.69) is 178 Å². The number of hydrogen-bond donors (Lipinski definition) is 0. The first-order valence-corrected chi connectivity index (χ1v) is 34.5. The predicted molar refractivity (Wildman–Crippen MR) is 332 cm³/mol. The standard InChI is InChI=1S/C13H26.C12H25N.C12H24.C11H22O.C11H22.C10H20O2S/c1-11(2)13(12(3)4)9-7-5-6-8-10-13;1-10(2)12(11(3)4)6-8-13(5)9-7-12;1-10(2)12(11(3)4)8-6-5-7-9-12;1-9(2)11(10(3)4)5-7-12-8-6-11;1-9(2)11(10(3)4)7-5-6-8-11;1-8(2)10(9(3)4)5-6-13(11,12)7-10/h11-12H,5-10H2,1-4H3;10-11H,6-9H2,1-5H3;10-11H,5-9H2,1-4H3;9-10H,5-8H2,1-4H3;9-10H,5-8H2,1-4H3;8-9H,5-7H2,1-4H3. The van der Waals surface area contributed by atoms with Crippen LogP contribution in [0.2, 0.25) is 0 Å². The fraction of sp³-hybridized carbons (Fsp3) is 1.00. The van der Waals surface area contributed by atoms with Crippen LogP contribution < -0.4 is 0 Å². The lowest BCUT2D eigenvalue weighted by molar-refractivity contribution is -0.0381. The van der Waals surface area contributed by atoms with Gasteiger partial charge in [0.25, 0.3) is 0 Å². The molecule has 0 N–H and O–H groups in total. The molecule has 3 aliphatic heterocycles. The molecule has 3 saturated heterocycles. The molecule has 0 radical (unpaired) electrons. The van der Waals surface area contributed by atoms with Crippen molar-refractivity contribution < 1.29 is 13.2 Å². The van der Waals surface area contributed by atoms with Gasteiger partial charge >= 0.3 is 0 Å². The molecule has 0 spiro atoms. The van der Waals surface area contributed by atoms with E-state index in [0.29, 0.717) is 50.4 Å². The number of hydrogen-bond acceptors (Lipinski definition) is 4. The molecule has 3 heterocycles. The number of nitrogens with zero attached hydrogens (tertiary/aromatic N) is 1. The van der Waals surface area contributed by atoms with Gasteiger partial charge < -0.3 is 9.64 Å². The molecular weight excluding hydrogens is 923 g/mol. The fourth-order valence-corrected chi connectivity index (χ4v) is 19.5. The van der Waals surface area contributed by atoms with Crippen LogP contribution in [-0.4, -0.2) is 58.2 Å². The molecule has 6 rings (SSSR count). The van der Waals surface area contributed by atoms with Crippen molar-refractivity contribution >= 4 is 9.84 Å². The van der Waals surface area contributed by atoms with E-state index in [1.807, 2.05) is 0 Å². The molecular formula is C69H139NO3S. The maximum Gasteiger partial charge on any atom is 0.150 e. The summed E-state index contributed by atoms with van der Waals surface area (Å²) in [6.07, 6.45) is 28.2. The Balaban J connectivity index is 0.000000444. The predicted octanol–water partition coefficient (Wildman–Crippen LogP) is 21.0. The van der Waals surface area contributed by atoms with Crippen LogP contribution in [0.1, 0.15) is 295 Å². The SMILES string of the molecule is CC(C)C1(C(C)C)CCCC1.CC(C)C1(C(C)C)CCCCC1.CC(C)C1(C(C)C)CCCCCC1.CC(C)C1(C(C)C)CCN(C)CC1.CC(C)C1(C(C)C)CCOCC1.CC(C)C1(C(C)C)CCS(=O)(=O)C1. The molecule has 6 fully saturated rings. The summed E-state index contributed by atoms with van der Waals surface area (Å²) >= 11 is 0. The molecule has 0 aromatic rings. The first kappa shape index (κ1) is 71.9. The number of likely N-dealkylation sites (tertiary alicyclic amines) is 1. The second kappa shape index (κ2) is 32.3. The molecule has 3 saturated carbocycles. The molecule has 3 aliphatic carbocycles. The zero-order chi connectivity index (χ0) is 57.1. The molecule has 0 atom stereocenters. The number of sulfone groups is 1. The zero-order valence-electron chi connectivity index (χ0n) is 55.4. The summed E-state index contributed by atoms with van der Waals surface area (Å²) in [5.41, 5.74) is 3.25. The van der Waals surface area contributed by atoms with Gasteiger partial charge in [0.2, 0.25) is 0 Å². The normalized spacial score (nSPS) is 24.0. The van der Waals surface area contributed by atoms with Crippen molar-refractivity contribution in [3.05, 3.63) is 0 Å². The van der Waals surface area contributed by atoms with Gasteiger partial charge in [-0.3, -0.25) is 0 Å². The van der Waals surface area contributed by atoms with E-state index in [4.69, 9.17) is 4.74 Å². The molecule has 444 valence electrons. The van der Waals surface area contributed by atoms with Crippen molar-refractivity contribution in [3.8, 4) is 0 Å². The highest BCUT2D eigenvalue weighted by molar-refractivity contribution is 7.91. The Hall–Kier alpha value is -0.130. The van der Waals surface area contributed by atoms with Gasteiger partial charge in [0.05, 0.1) is 11.5 Å². The molecule has 74 heavy (non-hydrogen) atoms. The second-order valence-corrected chi connectivity index (χ2v) is 32.4. The first-order chi connectivity index (χ1) is 34.2. The Morgan fingerprint density at radius 2 is 0.514 bits per heavy atom. The third kappa shape index (κ3) is 19.3. The Labute approximate surface area is 468 Å². The smallest absolute Gasteiger partial charge is 0.150 e. The Kier molecular flexibility index (Phi) is 31.4. The van der Waals surface area contributed by atoms with Crippen LogP contribution in [0, 0.1) is 104 Å². The van der Waals surface area contributed by atoms with Gasteiger partial charge in [-0.15, -0.1) is 0 Å². The number of ether oxygens (including phenoxy) is 1. The van der Waals surface area contributed by atoms with Crippen LogP contribution in [-0.2, 0) is 14.6 Å². The monoisotopic (exact) mass is 1060 g/mol. The van der Waals surface area contributed by atoms with Gasteiger partial charge in [0.1, 0.15) is 0 Å². The summed E-state index contributed by atoms with van der Waals surface area (Å²) in [4.78, 5) is 2.46. The van der Waals surface area contributed by atoms with Crippen molar-refractivity contribution in [2.75, 3.05) is 44.9 Å². The summed E-state index contributed by atoms with van der Waals surface area (Å²) < 4.78 is 28.3. The lowest BCUT2D eigenvalue weighted by atomic mass is 9.61. The summed E-state index contributed by atoms with van der Waals surface area (Å²) in [5.74, 6) is 10.2. The van der Waals surface area contributed by atoms with Crippen molar-refractivity contribution in [2.45, 2.75) is 295 Å². The van der Waals surface area contributed by atoms with E-state index in [0.717, 1.165) is 78.8 Å². The highest BCUT2D eigenvalue weighted by Gasteiger charge is 2.47. The molecule has 0 bridgehead atoms. The minimum Gasteiger partial charge on any atom is -0.381 e. The average Bonchev–Trinajstić information content (AvgIpc) is 3.88. The topological polar surface area (TPSA) is 46.6 Å². The quantitative estimate of drug-likeness (QED) is 0.183. The largest absolute Gasteiger partial charge is 0.381 e.